The summed E-state index contributed by atoms with van der Waals surface area (Å²) in [6, 6.07) is 13.0. The van der Waals surface area contributed by atoms with Crippen molar-refractivity contribution in [3.8, 4) is 5.75 Å². The predicted octanol–water partition coefficient (Wildman–Crippen LogP) is 3.86. The van der Waals surface area contributed by atoms with Crippen molar-refractivity contribution >= 4 is 21.9 Å². The summed E-state index contributed by atoms with van der Waals surface area (Å²) in [5.74, 6) is 0.594. The second-order valence-electron chi connectivity index (χ2n) is 6.06. The van der Waals surface area contributed by atoms with Gasteiger partial charge in [-0.05, 0) is 47.9 Å². The summed E-state index contributed by atoms with van der Waals surface area (Å²) in [6.45, 7) is -0.555. The lowest BCUT2D eigenvalue weighted by molar-refractivity contribution is -0.0503. The van der Waals surface area contributed by atoms with E-state index in [0.29, 0.717) is 18.1 Å². The zero-order chi connectivity index (χ0) is 18.2. The molecule has 1 aliphatic heterocycles. The molecule has 0 aliphatic carbocycles. The van der Waals surface area contributed by atoms with E-state index in [-0.39, 0.29) is 5.75 Å². The highest BCUT2D eigenvalue weighted by atomic mass is 79.9. The molecule has 0 spiro atoms. The van der Waals surface area contributed by atoms with Gasteiger partial charge in [0.2, 0.25) is 0 Å². The van der Waals surface area contributed by atoms with Gasteiger partial charge in [-0.15, -0.1) is 0 Å². The van der Waals surface area contributed by atoms with E-state index in [1.807, 2.05) is 42.3 Å². The lowest BCUT2D eigenvalue weighted by Crippen LogP contribution is -2.34. The number of ether oxygens (including phenoxy) is 1. The van der Waals surface area contributed by atoms with Crippen LogP contribution in [0.2, 0.25) is 0 Å². The molecule has 3 rings (SSSR count). The minimum Gasteiger partial charge on any atom is -0.435 e. The largest absolute Gasteiger partial charge is 0.435 e. The van der Waals surface area contributed by atoms with Gasteiger partial charge in [-0.1, -0.05) is 34.1 Å². The van der Waals surface area contributed by atoms with Gasteiger partial charge in [0.1, 0.15) is 11.3 Å². The molecule has 25 heavy (non-hydrogen) atoms. The Morgan fingerprint density at radius 2 is 1.96 bits per heavy atom. The number of nitrogens with two attached hydrogens (primary N) is 1. The molecule has 1 atom stereocenters. The standard InChI is InChI=1S/C18H18BrF2N3O/c1-11-8-13(6-7-15(11)25-16(20)21)18(10-24(2)17(22)23-18)12-4-3-5-14(19)9-12/h3-9,16H,10H2,1-2H3,(H2,22,23). The molecular weight excluding hydrogens is 392 g/mol. The van der Waals surface area contributed by atoms with Crippen molar-refractivity contribution in [2.75, 3.05) is 13.6 Å². The number of guanidine groups is 1. The van der Waals surface area contributed by atoms with Gasteiger partial charge in [0.05, 0.1) is 6.54 Å². The molecule has 2 aromatic rings. The van der Waals surface area contributed by atoms with E-state index in [2.05, 4.69) is 20.7 Å². The quantitative estimate of drug-likeness (QED) is 0.833. The molecule has 1 aliphatic rings. The smallest absolute Gasteiger partial charge is 0.387 e. The van der Waals surface area contributed by atoms with E-state index >= 15 is 0 Å². The average Bonchev–Trinajstić information content (AvgIpc) is 2.85. The molecule has 0 aromatic heterocycles. The third-order valence-electron chi connectivity index (χ3n) is 4.33. The molecule has 2 N–H and O–H groups in total. The fourth-order valence-electron chi connectivity index (χ4n) is 3.10. The van der Waals surface area contributed by atoms with Crippen molar-refractivity contribution < 1.29 is 13.5 Å². The Morgan fingerprint density at radius 3 is 2.52 bits per heavy atom. The van der Waals surface area contributed by atoms with Gasteiger partial charge in [0, 0.05) is 11.5 Å². The molecule has 7 heteroatoms. The molecule has 4 nitrogen and oxygen atoms in total. The Hall–Kier alpha value is -2.15. The highest BCUT2D eigenvalue weighted by Crippen LogP contribution is 2.40. The third kappa shape index (κ3) is 3.33. The van der Waals surface area contributed by atoms with Crippen molar-refractivity contribution in [2.45, 2.75) is 19.1 Å². The molecule has 1 unspecified atom stereocenters. The van der Waals surface area contributed by atoms with Gasteiger partial charge in [-0.3, -0.25) is 0 Å². The van der Waals surface area contributed by atoms with Crippen LogP contribution < -0.4 is 10.5 Å². The van der Waals surface area contributed by atoms with Gasteiger partial charge < -0.3 is 15.4 Å². The SMILES string of the molecule is Cc1cc(C2(c3cccc(Br)c3)CN(C)C(N)=N2)ccc1OC(F)F. The average molecular weight is 410 g/mol. The summed E-state index contributed by atoms with van der Waals surface area (Å²) in [4.78, 5) is 6.60. The first-order valence-electron chi connectivity index (χ1n) is 7.70. The van der Waals surface area contributed by atoms with Crippen molar-refractivity contribution in [1.82, 2.24) is 4.90 Å². The number of hydrogen-bond donors (Lipinski definition) is 1. The van der Waals surface area contributed by atoms with E-state index in [4.69, 9.17) is 10.7 Å². The van der Waals surface area contributed by atoms with Crippen molar-refractivity contribution in [2.24, 2.45) is 10.7 Å². The molecule has 0 saturated carbocycles. The van der Waals surface area contributed by atoms with Crippen LogP contribution in [0.3, 0.4) is 0 Å². The van der Waals surface area contributed by atoms with E-state index in [9.17, 15) is 8.78 Å². The molecule has 0 fully saturated rings. The topological polar surface area (TPSA) is 50.8 Å². The number of nitrogens with zero attached hydrogens (tertiary/aromatic N) is 2. The van der Waals surface area contributed by atoms with Gasteiger partial charge in [0.25, 0.3) is 0 Å². The maximum atomic E-state index is 12.5. The number of alkyl halides is 2. The number of aryl methyl sites for hydroxylation is 1. The van der Waals surface area contributed by atoms with E-state index in [0.717, 1.165) is 15.6 Å². The Labute approximate surface area is 153 Å². The van der Waals surface area contributed by atoms with Crippen LogP contribution >= 0.6 is 15.9 Å². The Kier molecular flexibility index (Phi) is 4.69. The Bertz CT molecular complexity index is 828. The first-order valence-corrected chi connectivity index (χ1v) is 8.49. The lowest BCUT2D eigenvalue weighted by atomic mass is 9.83. The molecule has 0 bridgehead atoms. The molecular formula is C18H18BrF2N3O. The molecule has 2 aromatic carbocycles. The normalized spacial score (nSPS) is 20.1. The van der Waals surface area contributed by atoms with Crippen molar-refractivity contribution in [3.05, 3.63) is 63.6 Å². The molecule has 1 heterocycles. The minimum absolute atomic E-state index is 0.159. The zero-order valence-electron chi connectivity index (χ0n) is 13.8. The summed E-state index contributed by atoms with van der Waals surface area (Å²) in [5.41, 5.74) is 7.80. The highest BCUT2D eigenvalue weighted by molar-refractivity contribution is 9.10. The van der Waals surface area contributed by atoms with Crippen LogP contribution in [0.5, 0.6) is 5.75 Å². The van der Waals surface area contributed by atoms with Gasteiger partial charge >= 0.3 is 6.61 Å². The number of hydrogen-bond acceptors (Lipinski definition) is 4. The highest BCUT2D eigenvalue weighted by Gasteiger charge is 2.41. The van der Waals surface area contributed by atoms with Crippen LogP contribution in [0.25, 0.3) is 0 Å². The summed E-state index contributed by atoms with van der Waals surface area (Å²) in [7, 11) is 1.87. The third-order valence-corrected chi connectivity index (χ3v) is 4.83. The maximum absolute atomic E-state index is 12.5. The van der Waals surface area contributed by atoms with Crippen molar-refractivity contribution in [3.63, 3.8) is 0 Å². The minimum atomic E-state index is -2.85. The summed E-state index contributed by atoms with van der Waals surface area (Å²) >= 11 is 3.49. The molecule has 0 radical (unpaired) electrons. The first-order chi connectivity index (χ1) is 11.8. The van der Waals surface area contributed by atoms with Gasteiger partial charge in [-0.2, -0.15) is 8.78 Å². The summed E-state index contributed by atoms with van der Waals surface area (Å²) in [5, 5.41) is 0. The van der Waals surface area contributed by atoms with Crippen LogP contribution in [0.15, 0.2) is 51.9 Å². The van der Waals surface area contributed by atoms with E-state index in [1.165, 1.54) is 0 Å². The Morgan fingerprint density at radius 1 is 1.24 bits per heavy atom. The first kappa shape index (κ1) is 17.7. The maximum Gasteiger partial charge on any atom is 0.387 e. The van der Waals surface area contributed by atoms with Crippen molar-refractivity contribution in [1.29, 1.82) is 0 Å². The fourth-order valence-corrected chi connectivity index (χ4v) is 3.50. The summed E-state index contributed by atoms with van der Waals surface area (Å²) < 4.78 is 30.5. The molecule has 132 valence electrons. The monoisotopic (exact) mass is 409 g/mol. The summed E-state index contributed by atoms with van der Waals surface area (Å²) in [6.07, 6.45) is 0. The lowest BCUT2D eigenvalue weighted by Gasteiger charge is -2.29. The number of rotatable bonds is 4. The van der Waals surface area contributed by atoms with Crippen LogP contribution in [0, 0.1) is 6.92 Å². The van der Waals surface area contributed by atoms with Crippen LogP contribution in [0.4, 0.5) is 8.78 Å². The number of likely N-dealkylation sites (N-methyl/N-ethyl adjacent to an activating group) is 1. The van der Waals surface area contributed by atoms with Gasteiger partial charge in [0.15, 0.2) is 5.96 Å². The van der Waals surface area contributed by atoms with E-state index in [1.54, 1.807) is 19.1 Å². The van der Waals surface area contributed by atoms with E-state index < -0.39 is 12.2 Å². The van der Waals surface area contributed by atoms with Crippen LogP contribution in [-0.4, -0.2) is 31.1 Å². The van der Waals surface area contributed by atoms with Crippen LogP contribution in [0.1, 0.15) is 16.7 Å². The Balaban J connectivity index is 2.13. The number of aliphatic imine (C=N–C) groups is 1. The zero-order valence-corrected chi connectivity index (χ0v) is 15.4. The molecule has 0 saturated heterocycles. The molecule has 0 amide bonds. The fraction of sp³-hybridized carbons (Fsp3) is 0.278. The second-order valence-corrected chi connectivity index (χ2v) is 6.97. The second kappa shape index (κ2) is 6.63. The number of halogens is 3. The number of benzene rings is 2. The van der Waals surface area contributed by atoms with Gasteiger partial charge in [-0.25, -0.2) is 4.99 Å². The van der Waals surface area contributed by atoms with Crippen LogP contribution in [-0.2, 0) is 5.54 Å². The predicted molar refractivity (Wildman–Crippen MR) is 97.0 cm³/mol.